The van der Waals surface area contributed by atoms with E-state index in [-0.39, 0.29) is 0 Å². The van der Waals surface area contributed by atoms with E-state index in [0.717, 1.165) is 30.5 Å². The number of rotatable bonds is 7. The molecule has 3 nitrogen and oxygen atoms in total. The first-order valence-electron chi connectivity index (χ1n) is 7.58. The van der Waals surface area contributed by atoms with Crippen molar-refractivity contribution in [1.29, 1.82) is 0 Å². The highest BCUT2D eigenvalue weighted by Gasteiger charge is 2.33. The Morgan fingerprint density at radius 1 is 1.20 bits per heavy atom. The molecule has 1 N–H and O–H groups in total. The van der Waals surface area contributed by atoms with Crippen molar-refractivity contribution in [3.63, 3.8) is 0 Å². The molecule has 0 heterocycles. The maximum Gasteiger partial charge on any atom is 0.126 e. The molecule has 20 heavy (non-hydrogen) atoms. The Balaban J connectivity index is 2.00. The zero-order valence-electron chi connectivity index (χ0n) is 13.1. The van der Waals surface area contributed by atoms with Crippen molar-refractivity contribution < 1.29 is 9.47 Å². The van der Waals surface area contributed by atoms with Gasteiger partial charge in [-0.3, -0.25) is 0 Å². The summed E-state index contributed by atoms with van der Waals surface area (Å²) in [6, 6.07) is 6.19. The molecule has 112 valence electrons. The summed E-state index contributed by atoms with van der Waals surface area (Å²) in [6.07, 6.45) is 2.57. The highest BCUT2D eigenvalue weighted by molar-refractivity contribution is 5.43. The fourth-order valence-corrected chi connectivity index (χ4v) is 2.90. The van der Waals surface area contributed by atoms with Crippen LogP contribution in [0.5, 0.6) is 11.5 Å². The van der Waals surface area contributed by atoms with Gasteiger partial charge >= 0.3 is 0 Å². The second-order valence-corrected chi connectivity index (χ2v) is 6.10. The summed E-state index contributed by atoms with van der Waals surface area (Å²) in [6.45, 7) is 6.70. The molecular formula is C17H27NO2. The molecule has 2 rings (SSSR count). The number of methoxy groups -OCH3 is 2. The zero-order valence-corrected chi connectivity index (χ0v) is 13.1. The predicted molar refractivity (Wildman–Crippen MR) is 82.7 cm³/mol. The molecule has 1 aromatic rings. The number of nitrogens with one attached hydrogen (secondary N) is 1. The lowest BCUT2D eigenvalue weighted by Crippen LogP contribution is -2.35. The molecule has 1 aliphatic carbocycles. The molecule has 0 aromatic heterocycles. The molecule has 1 saturated carbocycles. The smallest absolute Gasteiger partial charge is 0.126 e. The third-order valence-corrected chi connectivity index (χ3v) is 4.22. The van der Waals surface area contributed by atoms with Crippen LogP contribution in [0.2, 0.25) is 0 Å². The molecule has 0 bridgehead atoms. The maximum atomic E-state index is 5.54. The van der Waals surface area contributed by atoms with E-state index in [0.29, 0.717) is 11.8 Å². The highest BCUT2D eigenvalue weighted by Crippen LogP contribution is 2.46. The summed E-state index contributed by atoms with van der Waals surface area (Å²) in [5.74, 6) is 3.89. The topological polar surface area (TPSA) is 30.5 Å². The molecule has 1 fully saturated rings. The second-order valence-electron chi connectivity index (χ2n) is 6.10. The quantitative estimate of drug-likeness (QED) is 0.828. The van der Waals surface area contributed by atoms with Gasteiger partial charge in [-0.15, -0.1) is 0 Å². The molecule has 0 amide bonds. The fraction of sp³-hybridized carbons (Fsp3) is 0.647. The van der Waals surface area contributed by atoms with Gasteiger partial charge in [0.1, 0.15) is 11.5 Å². The first-order chi connectivity index (χ1) is 9.65. The zero-order chi connectivity index (χ0) is 14.5. The van der Waals surface area contributed by atoms with Crippen LogP contribution in [-0.4, -0.2) is 27.3 Å². The van der Waals surface area contributed by atoms with Gasteiger partial charge in [0.2, 0.25) is 0 Å². The summed E-state index contributed by atoms with van der Waals surface area (Å²) in [7, 11) is 3.43. The summed E-state index contributed by atoms with van der Waals surface area (Å²) < 4.78 is 10.8. The molecular weight excluding hydrogens is 250 g/mol. The van der Waals surface area contributed by atoms with Crippen molar-refractivity contribution in [2.75, 3.05) is 27.3 Å². The first-order valence-corrected chi connectivity index (χ1v) is 7.58. The van der Waals surface area contributed by atoms with Crippen molar-refractivity contribution in [2.45, 2.75) is 32.6 Å². The highest BCUT2D eigenvalue weighted by atomic mass is 16.5. The van der Waals surface area contributed by atoms with E-state index in [1.807, 2.05) is 12.1 Å². The largest absolute Gasteiger partial charge is 0.497 e. The molecule has 0 saturated heterocycles. The Morgan fingerprint density at radius 3 is 2.55 bits per heavy atom. The van der Waals surface area contributed by atoms with Gasteiger partial charge in [-0.1, -0.05) is 19.9 Å². The van der Waals surface area contributed by atoms with Gasteiger partial charge in [-0.25, -0.2) is 0 Å². The molecule has 2 atom stereocenters. The summed E-state index contributed by atoms with van der Waals surface area (Å²) in [4.78, 5) is 0. The van der Waals surface area contributed by atoms with Gasteiger partial charge < -0.3 is 14.8 Å². The van der Waals surface area contributed by atoms with E-state index in [9.17, 15) is 0 Å². The third kappa shape index (κ3) is 3.45. The summed E-state index contributed by atoms with van der Waals surface area (Å²) in [5.41, 5.74) is 1.33. The van der Waals surface area contributed by atoms with Crippen LogP contribution < -0.4 is 14.8 Å². The minimum Gasteiger partial charge on any atom is -0.497 e. The Bertz CT molecular complexity index is 431. The van der Waals surface area contributed by atoms with Gasteiger partial charge in [-0.05, 0) is 55.3 Å². The molecule has 0 spiro atoms. The minimum atomic E-state index is 0.621. The first kappa shape index (κ1) is 15.2. The van der Waals surface area contributed by atoms with Crippen LogP contribution in [0.25, 0.3) is 0 Å². The Labute approximate surface area is 122 Å². The fourth-order valence-electron chi connectivity index (χ4n) is 2.90. The second kappa shape index (κ2) is 6.98. The normalized spacial score (nSPS) is 21.6. The van der Waals surface area contributed by atoms with Gasteiger partial charge in [-0.2, -0.15) is 0 Å². The Morgan fingerprint density at radius 2 is 2.00 bits per heavy atom. The summed E-state index contributed by atoms with van der Waals surface area (Å²) >= 11 is 0. The standard InChI is InChI=1S/C17H27NO2/c1-12(2)10-18-11-13-5-7-15(13)16-8-6-14(19-3)9-17(16)20-4/h6,8-9,12-13,15,18H,5,7,10-11H2,1-4H3. The number of ether oxygens (including phenoxy) is 2. The average molecular weight is 277 g/mol. The van der Waals surface area contributed by atoms with E-state index in [1.54, 1.807) is 14.2 Å². The van der Waals surface area contributed by atoms with Gasteiger partial charge in [0, 0.05) is 6.07 Å². The monoisotopic (exact) mass is 277 g/mol. The number of hydrogen-bond donors (Lipinski definition) is 1. The van der Waals surface area contributed by atoms with Crippen LogP contribution in [0.3, 0.4) is 0 Å². The molecule has 0 aliphatic heterocycles. The lowest BCUT2D eigenvalue weighted by atomic mass is 9.69. The van der Waals surface area contributed by atoms with Crippen LogP contribution in [0.4, 0.5) is 0 Å². The van der Waals surface area contributed by atoms with Gasteiger partial charge in [0.05, 0.1) is 14.2 Å². The molecule has 3 heteroatoms. The van der Waals surface area contributed by atoms with Gasteiger partial charge in [0.15, 0.2) is 0 Å². The molecule has 2 unspecified atom stereocenters. The molecule has 1 aliphatic rings. The van der Waals surface area contributed by atoms with Crippen molar-refractivity contribution in [3.8, 4) is 11.5 Å². The van der Waals surface area contributed by atoms with Crippen LogP contribution in [-0.2, 0) is 0 Å². The molecule has 1 aromatic carbocycles. The van der Waals surface area contributed by atoms with Crippen molar-refractivity contribution in [2.24, 2.45) is 11.8 Å². The SMILES string of the molecule is COc1ccc(C2CCC2CNCC(C)C)c(OC)c1. The Kier molecular flexibility index (Phi) is 5.30. The third-order valence-electron chi connectivity index (χ3n) is 4.22. The van der Waals surface area contributed by atoms with Crippen molar-refractivity contribution in [3.05, 3.63) is 23.8 Å². The van der Waals surface area contributed by atoms with E-state index in [4.69, 9.17) is 9.47 Å². The predicted octanol–water partition coefficient (Wildman–Crippen LogP) is 3.44. The average Bonchev–Trinajstić information content (AvgIpc) is 2.42. The van der Waals surface area contributed by atoms with E-state index >= 15 is 0 Å². The minimum absolute atomic E-state index is 0.621. The van der Waals surface area contributed by atoms with Crippen molar-refractivity contribution >= 4 is 0 Å². The Hall–Kier alpha value is -1.22. The van der Waals surface area contributed by atoms with Crippen LogP contribution >= 0.6 is 0 Å². The number of benzene rings is 1. The number of hydrogen-bond acceptors (Lipinski definition) is 3. The van der Waals surface area contributed by atoms with Gasteiger partial charge in [0.25, 0.3) is 0 Å². The lowest BCUT2D eigenvalue weighted by molar-refractivity contribution is 0.237. The van der Waals surface area contributed by atoms with Crippen LogP contribution in [0, 0.1) is 11.8 Å². The van der Waals surface area contributed by atoms with Crippen molar-refractivity contribution in [1.82, 2.24) is 5.32 Å². The summed E-state index contributed by atoms with van der Waals surface area (Å²) in [5, 5.41) is 3.58. The van der Waals surface area contributed by atoms with Crippen LogP contribution in [0.1, 0.15) is 38.2 Å². The lowest BCUT2D eigenvalue weighted by Gasteiger charge is -2.38. The van der Waals surface area contributed by atoms with Crippen LogP contribution in [0.15, 0.2) is 18.2 Å². The van der Waals surface area contributed by atoms with E-state index in [2.05, 4.69) is 25.2 Å². The maximum absolute atomic E-state index is 5.54. The van der Waals surface area contributed by atoms with E-state index < -0.39 is 0 Å². The molecule has 0 radical (unpaired) electrons. The van der Waals surface area contributed by atoms with E-state index in [1.165, 1.54) is 18.4 Å².